The number of nitrogens with one attached hydrogen (secondary N) is 2. The molecule has 1 heterocycles. The number of aryl methyl sites for hydroxylation is 1. The summed E-state index contributed by atoms with van der Waals surface area (Å²) in [6.07, 6.45) is 1.59. The van der Waals surface area contributed by atoms with Crippen LogP contribution < -0.4 is 10.6 Å². The van der Waals surface area contributed by atoms with Crippen LogP contribution in [0.15, 0.2) is 78.2 Å². The zero-order valence-electron chi connectivity index (χ0n) is 17.8. The summed E-state index contributed by atoms with van der Waals surface area (Å²) in [7, 11) is 1.82. The van der Waals surface area contributed by atoms with Crippen molar-refractivity contribution in [3.05, 3.63) is 84.2 Å². The summed E-state index contributed by atoms with van der Waals surface area (Å²) < 4.78 is 1.75. The van der Waals surface area contributed by atoms with Crippen LogP contribution in [0.5, 0.6) is 0 Å². The van der Waals surface area contributed by atoms with Crippen LogP contribution in [0.3, 0.4) is 0 Å². The van der Waals surface area contributed by atoms with E-state index in [1.165, 1.54) is 11.8 Å². The van der Waals surface area contributed by atoms with Gasteiger partial charge in [0, 0.05) is 18.3 Å². The Morgan fingerprint density at radius 2 is 1.78 bits per heavy atom. The number of amides is 2. The van der Waals surface area contributed by atoms with Gasteiger partial charge in [0.05, 0.1) is 11.8 Å². The van der Waals surface area contributed by atoms with Crippen molar-refractivity contribution in [3.8, 4) is 0 Å². The number of thioether (sulfide) groups is 1. The highest BCUT2D eigenvalue weighted by Crippen LogP contribution is 2.24. The molecule has 3 aromatic carbocycles. The van der Waals surface area contributed by atoms with Gasteiger partial charge in [0.25, 0.3) is 5.91 Å². The molecule has 162 valence electrons. The minimum absolute atomic E-state index is 0.148. The lowest BCUT2D eigenvalue weighted by Crippen LogP contribution is -2.26. The molecule has 0 bridgehead atoms. The third-order valence-electron chi connectivity index (χ3n) is 5.07. The fourth-order valence-electron chi connectivity index (χ4n) is 3.42. The predicted molar refractivity (Wildman–Crippen MR) is 127 cm³/mol. The van der Waals surface area contributed by atoms with Gasteiger partial charge in [-0.1, -0.05) is 54.2 Å². The predicted octanol–water partition coefficient (Wildman–Crippen LogP) is 4.19. The highest BCUT2D eigenvalue weighted by molar-refractivity contribution is 7.99. The molecule has 0 aliphatic carbocycles. The highest BCUT2D eigenvalue weighted by atomic mass is 32.2. The van der Waals surface area contributed by atoms with E-state index in [9.17, 15) is 9.59 Å². The van der Waals surface area contributed by atoms with Crippen molar-refractivity contribution in [2.45, 2.75) is 18.1 Å². The van der Waals surface area contributed by atoms with Crippen molar-refractivity contribution < 1.29 is 9.59 Å². The van der Waals surface area contributed by atoms with E-state index in [-0.39, 0.29) is 23.6 Å². The normalized spacial score (nSPS) is 11.8. The Kier molecular flexibility index (Phi) is 6.51. The van der Waals surface area contributed by atoms with E-state index in [0.717, 1.165) is 16.3 Å². The summed E-state index contributed by atoms with van der Waals surface area (Å²) in [6, 6.07) is 20.9. The van der Waals surface area contributed by atoms with Gasteiger partial charge < -0.3 is 15.2 Å². The first-order chi connectivity index (χ1) is 15.5. The number of carbonyl (C=O) groups is 2. The Labute approximate surface area is 190 Å². The van der Waals surface area contributed by atoms with Crippen molar-refractivity contribution in [3.63, 3.8) is 0 Å². The van der Waals surface area contributed by atoms with Crippen molar-refractivity contribution in [2.75, 3.05) is 11.1 Å². The summed E-state index contributed by atoms with van der Waals surface area (Å²) >= 11 is 1.31. The lowest BCUT2D eigenvalue weighted by Gasteiger charge is -2.17. The largest absolute Gasteiger partial charge is 0.345 e. The van der Waals surface area contributed by atoms with E-state index in [4.69, 9.17) is 0 Å². The van der Waals surface area contributed by atoms with E-state index in [2.05, 4.69) is 39.0 Å². The Balaban J connectivity index is 1.35. The molecule has 0 aliphatic heterocycles. The number of anilines is 1. The van der Waals surface area contributed by atoms with E-state index in [1.54, 1.807) is 35.2 Å². The second-order valence-electron chi connectivity index (χ2n) is 7.40. The molecule has 4 rings (SSSR count). The molecular weight excluding hydrogens is 422 g/mol. The molecule has 0 aliphatic rings. The standard InChI is InChI=1S/C24H23N5O2S/c1-16(20-9-5-7-17-6-3-4-8-21(17)20)26-23(31)18-10-12-19(13-11-18)27-22(30)14-32-24-28-25-15-29(24)2/h3-13,15-16H,14H2,1-2H3,(H,26,31)(H,27,30)/t16-/m1/s1. The van der Waals surface area contributed by atoms with Gasteiger partial charge in [0.15, 0.2) is 5.16 Å². The van der Waals surface area contributed by atoms with E-state index in [1.807, 2.05) is 38.2 Å². The zero-order chi connectivity index (χ0) is 22.5. The van der Waals surface area contributed by atoms with Gasteiger partial charge in [0.2, 0.25) is 5.91 Å². The number of hydrogen-bond acceptors (Lipinski definition) is 5. The maximum atomic E-state index is 12.7. The molecule has 2 amide bonds. The Bertz CT molecular complexity index is 1250. The molecule has 7 nitrogen and oxygen atoms in total. The average molecular weight is 446 g/mol. The van der Waals surface area contributed by atoms with Crippen LogP contribution in [0.1, 0.15) is 28.9 Å². The molecule has 2 N–H and O–H groups in total. The van der Waals surface area contributed by atoms with Crippen LogP contribution in [0.4, 0.5) is 5.69 Å². The monoisotopic (exact) mass is 445 g/mol. The molecule has 0 fully saturated rings. The first kappa shape index (κ1) is 21.6. The van der Waals surface area contributed by atoms with Crippen LogP contribution in [0.2, 0.25) is 0 Å². The quantitative estimate of drug-likeness (QED) is 0.417. The molecule has 0 spiro atoms. The zero-order valence-corrected chi connectivity index (χ0v) is 18.6. The molecule has 0 saturated heterocycles. The minimum Gasteiger partial charge on any atom is -0.345 e. The van der Waals surface area contributed by atoms with Crippen LogP contribution in [-0.4, -0.2) is 32.3 Å². The first-order valence-corrected chi connectivity index (χ1v) is 11.1. The van der Waals surface area contributed by atoms with Gasteiger partial charge in [-0.05, 0) is 47.5 Å². The van der Waals surface area contributed by atoms with Crippen molar-refractivity contribution in [2.24, 2.45) is 7.05 Å². The van der Waals surface area contributed by atoms with Crippen molar-refractivity contribution >= 4 is 40.0 Å². The fourth-order valence-corrected chi connectivity index (χ4v) is 4.11. The molecule has 0 unspecified atom stereocenters. The number of carbonyl (C=O) groups excluding carboxylic acids is 2. The number of nitrogens with zero attached hydrogens (tertiary/aromatic N) is 3. The second-order valence-corrected chi connectivity index (χ2v) is 8.34. The number of benzene rings is 3. The van der Waals surface area contributed by atoms with Crippen LogP contribution in [0.25, 0.3) is 10.8 Å². The van der Waals surface area contributed by atoms with E-state index >= 15 is 0 Å². The van der Waals surface area contributed by atoms with E-state index < -0.39 is 0 Å². The summed E-state index contributed by atoms with van der Waals surface area (Å²) in [5.74, 6) is -0.0990. The van der Waals surface area contributed by atoms with Crippen LogP contribution in [0, 0.1) is 0 Å². The minimum atomic E-state index is -0.166. The van der Waals surface area contributed by atoms with Gasteiger partial charge >= 0.3 is 0 Å². The average Bonchev–Trinajstić information content (AvgIpc) is 3.22. The molecule has 1 aromatic heterocycles. The maximum absolute atomic E-state index is 12.7. The SMILES string of the molecule is C[C@@H](NC(=O)c1ccc(NC(=O)CSc2nncn2C)cc1)c1cccc2ccccc12. The summed E-state index contributed by atoms with van der Waals surface area (Å²) in [4.78, 5) is 24.9. The lowest BCUT2D eigenvalue weighted by molar-refractivity contribution is -0.113. The molecule has 1 atom stereocenters. The van der Waals surface area contributed by atoms with Crippen molar-refractivity contribution in [1.29, 1.82) is 0 Å². The summed E-state index contributed by atoms with van der Waals surface area (Å²) in [5.41, 5.74) is 2.23. The van der Waals surface area contributed by atoms with Crippen LogP contribution in [-0.2, 0) is 11.8 Å². The second kappa shape index (κ2) is 9.65. The van der Waals surface area contributed by atoms with Crippen LogP contribution >= 0.6 is 11.8 Å². The number of hydrogen-bond donors (Lipinski definition) is 2. The van der Waals surface area contributed by atoms with Gasteiger partial charge in [-0.15, -0.1) is 10.2 Å². The number of fused-ring (bicyclic) bond motifs is 1. The maximum Gasteiger partial charge on any atom is 0.251 e. The molecule has 0 saturated carbocycles. The number of rotatable bonds is 7. The van der Waals surface area contributed by atoms with Gasteiger partial charge in [-0.25, -0.2) is 0 Å². The highest BCUT2D eigenvalue weighted by Gasteiger charge is 2.14. The third kappa shape index (κ3) is 4.97. The number of aromatic nitrogens is 3. The van der Waals surface area contributed by atoms with Crippen molar-refractivity contribution in [1.82, 2.24) is 20.1 Å². The molecule has 8 heteroatoms. The fraction of sp³-hybridized carbons (Fsp3) is 0.167. The Morgan fingerprint density at radius 3 is 2.53 bits per heavy atom. The molecule has 32 heavy (non-hydrogen) atoms. The molecular formula is C24H23N5O2S. The van der Waals surface area contributed by atoms with E-state index in [0.29, 0.717) is 16.4 Å². The summed E-state index contributed by atoms with van der Waals surface area (Å²) in [5, 5.41) is 16.6. The van der Waals surface area contributed by atoms with Gasteiger partial charge in [0.1, 0.15) is 6.33 Å². The molecule has 4 aromatic rings. The van der Waals surface area contributed by atoms with Gasteiger partial charge in [-0.2, -0.15) is 0 Å². The lowest BCUT2D eigenvalue weighted by atomic mass is 9.99. The topological polar surface area (TPSA) is 88.9 Å². The van der Waals surface area contributed by atoms with Gasteiger partial charge in [-0.3, -0.25) is 9.59 Å². The molecule has 0 radical (unpaired) electrons. The third-order valence-corrected chi connectivity index (χ3v) is 6.10. The Morgan fingerprint density at radius 1 is 1.03 bits per heavy atom. The first-order valence-electron chi connectivity index (χ1n) is 10.2. The smallest absolute Gasteiger partial charge is 0.251 e. The Hall–Kier alpha value is -3.65. The summed E-state index contributed by atoms with van der Waals surface area (Å²) in [6.45, 7) is 1.98.